The maximum atomic E-state index is 10.3. The van der Waals surface area contributed by atoms with Crippen molar-refractivity contribution in [3.05, 3.63) is 34.9 Å². The summed E-state index contributed by atoms with van der Waals surface area (Å²) in [6.07, 6.45) is 4.60. The number of methoxy groups -OCH3 is 1. The zero-order chi connectivity index (χ0) is 13.2. The molecule has 1 atom stereocenters. The summed E-state index contributed by atoms with van der Waals surface area (Å²) in [5, 5.41) is 10.3. The molecule has 1 unspecified atom stereocenters. The molecule has 18 heavy (non-hydrogen) atoms. The van der Waals surface area contributed by atoms with Crippen LogP contribution in [0.3, 0.4) is 0 Å². The second-order valence-corrected chi connectivity index (χ2v) is 5.73. The van der Waals surface area contributed by atoms with E-state index in [1.807, 2.05) is 0 Å². The van der Waals surface area contributed by atoms with Gasteiger partial charge in [-0.2, -0.15) is 0 Å². The quantitative estimate of drug-likeness (QED) is 0.867. The average Bonchev–Trinajstić information content (AvgIpc) is 2.28. The molecular formula is C16H24O2. The van der Waals surface area contributed by atoms with E-state index in [0.717, 1.165) is 25.7 Å². The summed E-state index contributed by atoms with van der Waals surface area (Å²) in [5.41, 5.74) is 3.73. The first-order chi connectivity index (χ1) is 8.54. The molecule has 0 aromatic heterocycles. The maximum Gasteiger partial charge on any atom is 0.0703 e. The first-order valence-corrected chi connectivity index (χ1v) is 6.84. The topological polar surface area (TPSA) is 29.5 Å². The van der Waals surface area contributed by atoms with E-state index in [1.54, 1.807) is 7.11 Å². The molecule has 2 nitrogen and oxygen atoms in total. The fraction of sp³-hybridized carbons (Fsp3) is 0.625. The first kappa shape index (κ1) is 13.6. The highest BCUT2D eigenvalue weighted by Gasteiger charge is 2.38. The van der Waals surface area contributed by atoms with Crippen molar-refractivity contribution in [3.8, 4) is 0 Å². The average molecular weight is 248 g/mol. The van der Waals surface area contributed by atoms with Crippen molar-refractivity contribution in [1.82, 2.24) is 0 Å². The highest BCUT2D eigenvalue weighted by molar-refractivity contribution is 5.31. The summed E-state index contributed by atoms with van der Waals surface area (Å²) in [6, 6.07) is 6.43. The van der Waals surface area contributed by atoms with Crippen LogP contribution in [0.25, 0.3) is 0 Å². The minimum absolute atomic E-state index is 0.0445. The van der Waals surface area contributed by atoms with Crippen LogP contribution in [0, 0.1) is 13.8 Å². The Morgan fingerprint density at radius 1 is 1.33 bits per heavy atom. The summed E-state index contributed by atoms with van der Waals surface area (Å²) in [5.74, 6) is 0. The lowest BCUT2D eigenvalue weighted by molar-refractivity contribution is -0.0989. The molecule has 1 aliphatic rings. The number of benzene rings is 1. The fourth-order valence-corrected chi connectivity index (χ4v) is 2.84. The van der Waals surface area contributed by atoms with Gasteiger partial charge in [0, 0.05) is 13.5 Å². The number of ether oxygens (including phenoxy) is 1. The van der Waals surface area contributed by atoms with Crippen LogP contribution in [0.2, 0.25) is 0 Å². The van der Waals surface area contributed by atoms with Gasteiger partial charge in [-0.05, 0) is 50.7 Å². The second-order valence-electron chi connectivity index (χ2n) is 5.73. The van der Waals surface area contributed by atoms with Crippen LogP contribution in [0.5, 0.6) is 0 Å². The zero-order valence-electron chi connectivity index (χ0n) is 11.7. The predicted molar refractivity (Wildman–Crippen MR) is 73.8 cm³/mol. The van der Waals surface area contributed by atoms with Crippen molar-refractivity contribution in [2.24, 2.45) is 0 Å². The van der Waals surface area contributed by atoms with Gasteiger partial charge in [-0.15, -0.1) is 0 Å². The number of hydrogen-bond donors (Lipinski definition) is 1. The van der Waals surface area contributed by atoms with Crippen molar-refractivity contribution >= 4 is 0 Å². The summed E-state index contributed by atoms with van der Waals surface area (Å²) >= 11 is 0. The van der Waals surface area contributed by atoms with Gasteiger partial charge < -0.3 is 9.84 Å². The molecule has 1 saturated carbocycles. The molecule has 0 amide bonds. The van der Waals surface area contributed by atoms with Crippen molar-refractivity contribution in [2.75, 3.05) is 7.11 Å². The van der Waals surface area contributed by atoms with Crippen molar-refractivity contribution in [2.45, 2.75) is 57.7 Å². The molecule has 100 valence electrons. The lowest BCUT2D eigenvalue weighted by atomic mass is 9.75. The number of rotatable bonds is 5. The number of aliphatic hydroxyl groups excluding tert-OH is 1. The van der Waals surface area contributed by atoms with Gasteiger partial charge in [0.1, 0.15) is 0 Å². The smallest absolute Gasteiger partial charge is 0.0703 e. The van der Waals surface area contributed by atoms with Crippen LogP contribution in [-0.2, 0) is 11.2 Å². The third-order valence-electron chi connectivity index (χ3n) is 4.27. The Bertz CT molecular complexity index is 402. The number of aryl methyl sites for hydroxylation is 2. The molecule has 0 bridgehead atoms. The van der Waals surface area contributed by atoms with Gasteiger partial charge in [0.25, 0.3) is 0 Å². The summed E-state index contributed by atoms with van der Waals surface area (Å²) < 4.78 is 5.58. The van der Waals surface area contributed by atoms with Crippen molar-refractivity contribution in [3.63, 3.8) is 0 Å². The maximum absolute atomic E-state index is 10.3. The van der Waals surface area contributed by atoms with E-state index in [1.165, 1.54) is 23.1 Å². The molecule has 1 aromatic rings. The standard InChI is InChI=1S/C16H24O2/c1-12-5-6-13(2)14(9-12)10-15(17)11-16(18-3)7-4-8-16/h5-6,9,15,17H,4,7-8,10-11H2,1-3H3. The first-order valence-electron chi connectivity index (χ1n) is 6.84. The van der Waals surface area contributed by atoms with Gasteiger partial charge in [-0.3, -0.25) is 0 Å². The molecule has 0 aliphatic heterocycles. The molecule has 0 heterocycles. The van der Waals surface area contributed by atoms with Crippen LogP contribution < -0.4 is 0 Å². The van der Waals surface area contributed by atoms with Crippen molar-refractivity contribution in [1.29, 1.82) is 0 Å². The van der Waals surface area contributed by atoms with E-state index in [2.05, 4.69) is 32.0 Å². The van der Waals surface area contributed by atoms with Gasteiger partial charge in [-0.1, -0.05) is 23.8 Å². The fourth-order valence-electron chi connectivity index (χ4n) is 2.84. The minimum Gasteiger partial charge on any atom is -0.393 e. The molecule has 0 saturated heterocycles. The minimum atomic E-state index is -0.300. The van der Waals surface area contributed by atoms with E-state index < -0.39 is 0 Å². The summed E-state index contributed by atoms with van der Waals surface area (Å²) in [4.78, 5) is 0. The largest absolute Gasteiger partial charge is 0.393 e. The molecular weight excluding hydrogens is 224 g/mol. The van der Waals surface area contributed by atoms with E-state index in [0.29, 0.717) is 0 Å². The van der Waals surface area contributed by atoms with Gasteiger partial charge >= 0.3 is 0 Å². The highest BCUT2D eigenvalue weighted by atomic mass is 16.5. The van der Waals surface area contributed by atoms with Crippen LogP contribution in [0.4, 0.5) is 0 Å². The molecule has 0 spiro atoms. The van der Waals surface area contributed by atoms with Crippen molar-refractivity contribution < 1.29 is 9.84 Å². The second kappa shape index (κ2) is 5.41. The lowest BCUT2D eigenvalue weighted by Gasteiger charge is -2.42. The molecule has 1 fully saturated rings. The Labute approximate surface area is 110 Å². The molecule has 0 radical (unpaired) electrons. The summed E-state index contributed by atoms with van der Waals surface area (Å²) in [7, 11) is 1.77. The van der Waals surface area contributed by atoms with Gasteiger partial charge in [0.05, 0.1) is 11.7 Å². The molecule has 1 aromatic carbocycles. The molecule has 2 heteroatoms. The Morgan fingerprint density at radius 3 is 2.61 bits per heavy atom. The molecule has 2 rings (SSSR count). The van der Waals surface area contributed by atoms with Gasteiger partial charge in [-0.25, -0.2) is 0 Å². The van der Waals surface area contributed by atoms with E-state index in [-0.39, 0.29) is 11.7 Å². The number of hydrogen-bond acceptors (Lipinski definition) is 2. The van der Waals surface area contributed by atoms with Crippen LogP contribution in [-0.4, -0.2) is 23.9 Å². The normalized spacial score (nSPS) is 19.3. The van der Waals surface area contributed by atoms with Crippen LogP contribution in [0.15, 0.2) is 18.2 Å². The number of aliphatic hydroxyl groups is 1. The Kier molecular flexibility index (Phi) is 4.08. The Morgan fingerprint density at radius 2 is 2.06 bits per heavy atom. The van der Waals surface area contributed by atoms with Crippen LogP contribution >= 0.6 is 0 Å². The predicted octanol–water partition coefficient (Wildman–Crippen LogP) is 3.17. The SMILES string of the molecule is COC1(CC(O)Cc2cc(C)ccc2C)CCC1. The lowest BCUT2D eigenvalue weighted by Crippen LogP contribution is -2.42. The summed E-state index contributed by atoms with van der Waals surface area (Å²) in [6.45, 7) is 4.20. The Balaban J connectivity index is 1.98. The van der Waals surface area contributed by atoms with E-state index in [4.69, 9.17) is 4.74 Å². The van der Waals surface area contributed by atoms with E-state index >= 15 is 0 Å². The monoisotopic (exact) mass is 248 g/mol. The van der Waals surface area contributed by atoms with Crippen LogP contribution in [0.1, 0.15) is 42.4 Å². The zero-order valence-corrected chi connectivity index (χ0v) is 11.7. The van der Waals surface area contributed by atoms with Gasteiger partial charge in [0.15, 0.2) is 0 Å². The third-order valence-corrected chi connectivity index (χ3v) is 4.27. The third kappa shape index (κ3) is 2.93. The Hall–Kier alpha value is -0.860. The molecule has 1 aliphatic carbocycles. The van der Waals surface area contributed by atoms with Gasteiger partial charge in [0.2, 0.25) is 0 Å². The molecule has 1 N–H and O–H groups in total. The van der Waals surface area contributed by atoms with E-state index in [9.17, 15) is 5.11 Å². The highest BCUT2D eigenvalue weighted by Crippen LogP contribution is 2.39.